The van der Waals surface area contributed by atoms with Crippen LogP contribution in [0.3, 0.4) is 0 Å². The molecule has 7 heteroatoms. The number of hydrogen-bond acceptors (Lipinski definition) is 4. The Morgan fingerprint density at radius 2 is 2.14 bits per heavy atom. The highest BCUT2D eigenvalue weighted by Gasteiger charge is 2.16. The molecule has 0 aliphatic heterocycles. The Labute approximate surface area is 121 Å². The molecular weight excluding hydrogens is 268 g/mol. The average Bonchev–Trinajstić information content (AvgIpc) is 3.20. The predicted molar refractivity (Wildman–Crippen MR) is 75.8 cm³/mol. The molecular formula is C14H14N6O. The quantitative estimate of drug-likeness (QED) is 0.758. The second kappa shape index (κ2) is 5.58. The van der Waals surface area contributed by atoms with Crippen LogP contribution in [0.2, 0.25) is 0 Å². The Bertz CT molecular complexity index is 719. The molecule has 0 bridgehead atoms. The molecule has 0 saturated heterocycles. The number of nitrogens with one attached hydrogen (secondary N) is 2. The van der Waals surface area contributed by atoms with Gasteiger partial charge in [0.2, 0.25) is 0 Å². The molecule has 0 aliphatic rings. The molecule has 3 rings (SSSR count). The van der Waals surface area contributed by atoms with Crippen LogP contribution in [0, 0.1) is 0 Å². The van der Waals surface area contributed by atoms with Crippen LogP contribution >= 0.6 is 0 Å². The lowest BCUT2D eigenvalue weighted by Gasteiger charge is -2.09. The van der Waals surface area contributed by atoms with Crippen molar-refractivity contribution >= 4 is 5.91 Å². The zero-order chi connectivity index (χ0) is 14.7. The van der Waals surface area contributed by atoms with E-state index in [4.69, 9.17) is 0 Å². The van der Waals surface area contributed by atoms with Crippen LogP contribution in [0.1, 0.15) is 29.3 Å². The third kappa shape index (κ3) is 2.81. The van der Waals surface area contributed by atoms with Crippen molar-refractivity contribution in [2.24, 2.45) is 0 Å². The van der Waals surface area contributed by atoms with E-state index in [-0.39, 0.29) is 17.6 Å². The molecule has 0 fully saturated rings. The molecule has 2 heterocycles. The molecule has 21 heavy (non-hydrogen) atoms. The largest absolute Gasteiger partial charge is 0.347 e. The number of benzene rings is 1. The van der Waals surface area contributed by atoms with Gasteiger partial charge in [-0.25, -0.2) is 4.98 Å². The van der Waals surface area contributed by atoms with Crippen molar-refractivity contribution < 1.29 is 4.79 Å². The number of hydrogen-bond donors (Lipinski definition) is 2. The van der Waals surface area contributed by atoms with Crippen LogP contribution in [0.5, 0.6) is 0 Å². The maximum atomic E-state index is 12.1. The van der Waals surface area contributed by atoms with E-state index in [1.54, 1.807) is 12.4 Å². The van der Waals surface area contributed by atoms with Gasteiger partial charge >= 0.3 is 0 Å². The van der Waals surface area contributed by atoms with E-state index in [0.29, 0.717) is 5.82 Å². The fourth-order valence-electron chi connectivity index (χ4n) is 1.91. The molecule has 1 unspecified atom stereocenters. The summed E-state index contributed by atoms with van der Waals surface area (Å²) in [5.74, 6) is 0.403. The average molecular weight is 282 g/mol. The highest BCUT2D eigenvalue weighted by Crippen LogP contribution is 2.08. The number of nitrogens with zero attached hydrogens (tertiary/aromatic N) is 4. The summed E-state index contributed by atoms with van der Waals surface area (Å²) in [7, 11) is 0. The minimum absolute atomic E-state index is 0.227. The molecule has 1 atom stereocenters. The number of rotatable bonds is 4. The van der Waals surface area contributed by atoms with Crippen LogP contribution in [0.25, 0.3) is 5.69 Å². The first-order valence-electron chi connectivity index (χ1n) is 6.52. The smallest absolute Gasteiger partial charge is 0.274 e. The predicted octanol–water partition coefficient (Wildman–Crippen LogP) is 1.48. The van der Waals surface area contributed by atoms with Gasteiger partial charge in [-0.2, -0.15) is 9.90 Å². The van der Waals surface area contributed by atoms with E-state index < -0.39 is 0 Å². The van der Waals surface area contributed by atoms with E-state index in [9.17, 15) is 4.79 Å². The highest BCUT2D eigenvalue weighted by atomic mass is 16.2. The van der Waals surface area contributed by atoms with Gasteiger partial charge in [0.25, 0.3) is 5.91 Å². The number of carbonyl (C=O) groups excluding carboxylic acids is 1. The van der Waals surface area contributed by atoms with Crippen molar-refractivity contribution in [3.05, 3.63) is 60.4 Å². The number of H-pyrrole nitrogens is 1. The van der Waals surface area contributed by atoms with E-state index in [0.717, 1.165) is 5.69 Å². The van der Waals surface area contributed by atoms with Crippen LogP contribution in [-0.4, -0.2) is 30.9 Å². The Morgan fingerprint density at radius 3 is 2.86 bits per heavy atom. The van der Waals surface area contributed by atoms with Gasteiger partial charge in [0, 0.05) is 12.4 Å². The molecule has 1 amide bonds. The standard InChI is InChI=1S/C14H14N6O/c1-10(13-15-7-8-16-13)18-14(21)12-9-17-20(19-12)11-5-3-2-4-6-11/h2-10H,1H3,(H,15,16)(H,18,21). The fraction of sp³-hybridized carbons (Fsp3) is 0.143. The summed E-state index contributed by atoms with van der Waals surface area (Å²) in [6.07, 6.45) is 4.80. The number of aromatic nitrogens is 5. The third-order valence-electron chi connectivity index (χ3n) is 2.99. The van der Waals surface area contributed by atoms with Crippen LogP contribution < -0.4 is 5.32 Å². The number of amides is 1. The molecule has 0 spiro atoms. The van der Waals surface area contributed by atoms with E-state index in [1.807, 2.05) is 37.3 Å². The molecule has 0 radical (unpaired) electrons. The SMILES string of the molecule is CC(NC(=O)c1cnn(-c2ccccc2)n1)c1ncc[nH]1. The fourth-order valence-corrected chi connectivity index (χ4v) is 1.91. The van der Waals surface area contributed by atoms with E-state index in [2.05, 4.69) is 25.5 Å². The topological polar surface area (TPSA) is 88.5 Å². The van der Waals surface area contributed by atoms with Gasteiger partial charge in [0.05, 0.1) is 17.9 Å². The molecule has 0 saturated carbocycles. The molecule has 2 aromatic heterocycles. The minimum atomic E-state index is -0.291. The Balaban J connectivity index is 1.73. The monoisotopic (exact) mass is 282 g/mol. The lowest BCUT2D eigenvalue weighted by Crippen LogP contribution is -2.27. The van der Waals surface area contributed by atoms with Crippen molar-refractivity contribution in [3.8, 4) is 5.69 Å². The first-order valence-corrected chi connectivity index (χ1v) is 6.52. The third-order valence-corrected chi connectivity index (χ3v) is 2.99. The molecule has 2 N–H and O–H groups in total. The maximum Gasteiger partial charge on any atom is 0.274 e. The van der Waals surface area contributed by atoms with Crippen LogP contribution in [0.15, 0.2) is 48.9 Å². The van der Waals surface area contributed by atoms with Crippen molar-refractivity contribution in [1.82, 2.24) is 30.3 Å². The second-order valence-electron chi connectivity index (χ2n) is 4.52. The number of aromatic amines is 1. The summed E-state index contributed by atoms with van der Waals surface area (Å²) in [6.45, 7) is 1.85. The van der Waals surface area contributed by atoms with Crippen LogP contribution in [-0.2, 0) is 0 Å². The van der Waals surface area contributed by atoms with Gasteiger partial charge in [-0.15, -0.1) is 5.10 Å². The Kier molecular flexibility index (Phi) is 3.46. The zero-order valence-electron chi connectivity index (χ0n) is 11.4. The van der Waals surface area contributed by atoms with Crippen molar-refractivity contribution in [2.45, 2.75) is 13.0 Å². The zero-order valence-corrected chi connectivity index (χ0v) is 11.4. The van der Waals surface area contributed by atoms with Crippen molar-refractivity contribution in [1.29, 1.82) is 0 Å². The summed E-state index contributed by atoms with van der Waals surface area (Å²) in [6, 6.07) is 9.19. The molecule has 3 aromatic rings. The summed E-state index contributed by atoms with van der Waals surface area (Å²) >= 11 is 0. The Morgan fingerprint density at radius 1 is 1.33 bits per heavy atom. The van der Waals surface area contributed by atoms with E-state index in [1.165, 1.54) is 11.0 Å². The number of para-hydroxylation sites is 1. The van der Waals surface area contributed by atoms with Crippen LogP contribution in [0.4, 0.5) is 0 Å². The maximum absolute atomic E-state index is 12.1. The van der Waals surface area contributed by atoms with Gasteiger partial charge < -0.3 is 10.3 Å². The second-order valence-corrected chi connectivity index (χ2v) is 4.52. The number of imidazole rings is 1. The molecule has 106 valence electrons. The first kappa shape index (κ1) is 13.0. The lowest BCUT2D eigenvalue weighted by molar-refractivity contribution is 0.0933. The van der Waals surface area contributed by atoms with E-state index >= 15 is 0 Å². The van der Waals surface area contributed by atoms with Crippen molar-refractivity contribution in [3.63, 3.8) is 0 Å². The summed E-state index contributed by atoms with van der Waals surface area (Å²) < 4.78 is 0. The number of carbonyl (C=O) groups is 1. The van der Waals surface area contributed by atoms with Crippen molar-refractivity contribution in [2.75, 3.05) is 0 Å². The molecule has 1 aromatic carbocycles. The summed E-state index contributed by atoms with van der Waals surface area (Å²) in [4.78, 5) is 20.6. The van der Waals surface area contributed by atoms with Gasteiger partial charge in [-0.1, -0.05) is 18.2 Å². The molecule has 0 aliphatic carbocycles. The van der Waals surface area contributed by atoms with Gasteiger partial charge in [0.15, 0.2) is 5.69 Å². The highest BCUT2D eigenvalue weighted by molar-refractivity contribution is 5.92. The summed E-state index contributed by atoms with van der Waals surface area (Å²) in [5, 5.41) is 11.1. The normalized spacial score (nSPS) is 12.0. The van der Waals surface area contributed by atoms with Gasteiger partial charge in [-0.05, 0) is 19.1 Å². The Hall–Kier alpha value is -2.96. The summed E-state index contributed by atoms with van der Waals surface area (Å²) in [5.41, 5.74) is 1.06. The van der Waals surface area contributed by atoms with Gasteiger partial charge in [0.1, 0.15) is 5.82 Å². The minimum Gasteiger partial charge on any atom is -0.347 e. The molecule has 7 nitrogen and oxygen atoms in total. The van der Waals surface area contributed by atoms with Gasteiger partial charge in [-0.3, -0.25) is 4.79 Å². The first-order chi connectivity index (χ1) is 10.2. The lowest BCUT2D eigenvalue weighted by atomic mass is 10.3.